The predicted molar refractivity (Wildman–Crippen MR) is 44.7 cm³/mol. The Balaban J connectivity index is 2.79. The van der Waals surface area contributed by atoms with Gasteiger partial charge in [-0.3, -0.25) is 0 Å². The highest BCUT2D eigenvalue weighted by atomic mass is 79.9. The van der Waals surface area contributed by atoms with Gasteiger partial charge in [0.25, 0.3) is 0 Å². The summed E-state index contributed by atoms with van der Waals surface area (Å²) in [5.74, 6) is -0.448. The molecule has 0 spiro atoms. The van der Waals surface area contributed by atoms with Gasteiger partial charge >= 0.3 is 10.9 Å². The van der Waals surface area contributed by atoms with E-state index in [0.29, 0.717) is 0 Å². The van der Waals surface area contributed by atoms with Gasteiger partial charge in [0.2, 0.25) is 0 Å². The molecule has 0 aliphatic heterocycles. The molecule has 0 aliphatic rings. The van der Waals surface area contributed by atoms with Crippen molar-refractivity contribution < 1.29 is 22.3 Å². The fourth-order valence-electron chi connectivity index (χ4n) is 0.636. The number of ether oxygens (including phenoxy) is 1. The van der Waals surface area contributed by atoms with E-state index < -0.39 is 16.7 Å². The van der Waals surface area contributed by atoms with Crippen LogP contribution in [0.5, 0.6) is 5.75 Å². The topological polar surface area (TPSA) is 9.23 Å². The Morgan fingerprint density at radius 3 is 2.29 bits per heavy atom. The van der Waals surface area contributed by atoms with Gasteiger partial charge in [-0.25, -0.2) is 0 Å². The second kappa shape index (κ2) is 3.76. The van der Waals surface area contributed by atoms with Crippen LogP contribution >= 0.6 is 15.9 Å². The van der Waals surface area contributed by atoms with Gasteiger partial charge in [0.05, 0.1) is 0 Å². The van der Waals surface area contributed by atoms with E-state index in [1.807, 2.05) is 0 Å². The smallest absolute Gasteiger partial charge is 0.427 e. The van der Waals surface area contributed by atoms with Gasteiger partial charge in [0, 0.05) is 22.0 Å². The third kappa shape index (κ3) is 2.60. The molecule has 14 heavy (non-hydrogen) atoms. The van der Waals surface area contributed by atoms with E-state index in [1.54, 1.807) is 0 Å². The van der Waals surface area contributed by atoms with Crippen LogP contribution in [-0.4, -0.2) is 10.9 Å². The van der Waals surface area contributed by atoms with E-state index in [9.17, 15) is 17.6 Å². The SMILES string of the molecule is FC(F)(Br)C(F)(F)Oc1[c]cccc1. The Hall–Kier alpha value is -0.780. The molecule has 0 fully saturated rings. The molecule has 1 nitrogen and oxygen atoms in total. The summed E-state index contributed by atoms with van der Waals surface area (Å²) in [6, 6.07) is 7.49. The van der Waals surface area contributed by atoms with Gasteiger partial charge in [-0.1, -0.05) is 18.2 Å². The average Bonchev–Trinajstić information content (AvgIpc) is 2.03. The summed E-state index contributed by atoms with van der Waals surface area (Å²) in [6.45, 7) is 0. The summed E-state index contributed by atoms with van der Waals surface area (Å²) in [4.78, 5) is -4.41. The Morgan fingerprint density at radius 2 is 1.86 bits per heavy atom. The van der Waals surface area contributed by atoms with Gasteiger partial charge in [-0.2, -0.15) is 17.6 Å². The minimum absolute atomic E-state index is 0.448. The largest absolute Gasteiger partial charge is 0.475 e. The lowest BCUT2D eigenvalue weighted by Gasteiger charge is -2.21. The van der Waals surface area contributed by atoms with Gasteiger partial charge < -0.3 is 4.74 Å². The highest BCUT2D eigenvalue weighted by Gasteiger charge is 2.57. The van der Waals surface area contributed by atoms with E-state index in [2.05, 4.69) is 10.8 Å². The molecule has 0 aromatic heterocycles. The van der Waals surface area contributed by atoms with Crippen LogP contribution in [0.4, 0.5) is 17.6 Å². The fraction of sp³-hybridized carbons (Fsp3) is 0.250. The van der Waals surface area contributed by atoms with Crippen molar-refractivity contribution >= 4 is 15.9 Å². The van der Waals surface area contributed by atoms with Crippen molar-refractivity contribution in [3.05, 3.63) is 30.3 Å². The Labute approximate surface area is 85.8 Å². The minimum Gasteiger partial charge on any atom is -0.427 e. The third-order valence-electron chi connectivity index (χ3n) is 1.25. The lowest BCUT2D eigenvalue weighted by molar-refractivity contribution is -0.266. The summed E-state index contributed by atoms with van der Waals surface area (Å²) in [6.07, 6.45) is -4.61. The van der Waals surface area contributed by atoms with Gasteiger partial charge in [0.15, 0.2) is 0 Å². The molecule has 0 atom stereocenters. The maximum absolute atomic E-state index is 12.6. The van der Waals surface area contributed by atoms with Crippen molar-refractivity contribution in [2.24, 2.45) is 0 Å². The molecule has 1 rings (SSSR count). The molecule has 1 aromatic rings. The highest BCUT2D eigenvalue weighted by Crippen LogP contribution is 2.40. The van der Waals surface area contributed by atoms with Crippen molar-refractivity contribution in [3.63, 3.8) is 0 Å². The third-order valence-corrected chi connectivity index (χ3v) is 1.71. The predicted octanol–water partition coefficient (Wildman–Crippen LogP) is 3.45. The number of rotatable bonds is 3. The normalized spacial score (nSPS) is 12.6. The van der Waals surface area contributed by atoms with E-state index in [4.69, 9.17) is 0 Å². The number of alkyl halides is 5. The molecule has 0 unspecified atom stereocenters. The van der Waals surface area contributed by atoms with Crippen LogP contribution < -0.4 is 4.74 Å². The zero-order valence-corrected chi connectivity index (χ0v) is 8.19. The average molecular weight is 272 g/mol. The first kappa shape index (κ1) is 11.3. The molecule has 6 heteroatoms. The van der Waals surface area contributed by atoms with Crippen LogP contribution in [0.3, 0.4) is 0 Å². The van der Waals surface area contributed by atoms with Crippen molar-refractivity contribution in [1.29, 1.82) is 0 Å². The Bertz CT molecular complexity index is 296. The molecule has 0 amide bonds. The summed E-state index contributed by atoms with van der Waals surface area (Å²) in [5.41, 5.74) is 0. The van der Waals surface area contributed by atoms with Crippen molar-refractivity contribution in [2.75, 3.05) is 0 Å². The first-order valence-electron chi connectivity index (χ1n) is 3.43. The van der Waals surface area contributed by atoms with E-state index >= 15 is 0 Å². The monoisotopic (exact) mass is 271 g/mol. The second-order valence-electron chi connectivity index (χ2n) is 2.34. The van der Waals surface area contributed by atoms with Crippen LogP contribution in [0.25, 0.3) is 0 Å². The number of hydrogen-bond donors (Lipinski definition) is 0. The number of halogens is 5. The zero-order chi connectivity index (χ0) is 10.8. The lowest BCUT2D eigenvalue weighted by atomic mass is 10.3. The van der Waals surface area contributed by atoms with Crippen LogP contribution in [0, 0.1) is 6.07 Å². The molecule has 1 radical (unpaired) electrons. The zero-order valence-electron chi connectivity index (χ0n) is 6.61. The van der Waals surface area contributed by atoms with Crippen molar-refractivity contribution in [3.8, 4) is 5.75 Å². The molecule has 0 heterocycles. The maximum atomic E-state index is 12.6. The lowest BCUT2D eigenvalue weighted by Crippen LogP contribution is -2.40. The summed E-state index contributed by atoms with van der Waals surface area (Å²) < 4.78 is 53.4. The van der Waals surface area contributed by atoms with Crippen molar-refractivity contribution in [1.82, 2.24) is 0 Å². The second-order valence-corrected chi connectivity index (χ2v) is 3.34. The standard InChI is InChI=1S/C8H4BrF4O/c9-7(10,11)8(12,13)14-6-4-2-1-3-5-6/h1-4H. The fourth-order valence-corrected chi connectivity index (χ4v) is 0.717. The van der Waals surface area contributed by atoms with Crippen molar-refractivity contribution in [2.45, 2.75) is 10.9 Å². The first-order valence-corrected chi connectivity index (χ1v) is 4.22. The van der Waals surface area contributed by atoms with Crippen LogP contribution in [0.2, 0.25) is 0 Å². The first-order chi connectivity index (χ1) is 6.33. The van der Waals surface area contributed by atoms with E-state index in [1.165, 1.54) is 34.1 Å². The molecule has 0 saturated heterocycles. The molecular weight excluding hydrogens is 268 g/mol. The van der Waals surface area contributed by atoms with Crippen LogP contribution in [0.15, 0.2) is 24.3 Å². The maximum Gasteiger partial charge on any atom is 0.475 e. The van der Waals surface area contributed by atoms with Crippen LogP contribution in [-0.2, 0) is 0 Å². The molecule has 0 N–H and O–H groups in total. The molecule has 1 aromatic carbocycles. The minimum atomic E-state index is -4.61. The summed E-state index contributed by atoms with van der Waals surface area (Å²) >= 11 is 1.54. The van der Waals surface area contributed by atoms with E-state index in [0.717, 1.165) is 6.07 Å². The summed E-state index contributed by atoms with van der Waals surface area (Å²) in [5, 5.41) is 0. The van der Waals surface area contributed by atoms with Crippen LogP contribution in [0.1, 0.15) is 0 Å². The molecule has 0 saturated carbocycles. The van der Waals surface area contributed by atoms with E-state index in [-0.39, 0.29) is 0 Å². The number of para-hydroxylation sites is 1. The van der Waals surface area contributed by atoms with Gasteiger partial charge in [-0.05, 0) is 6.07 Å². The quantitative estimate of drug-likeness (QED) is 0.605. The molecule has 0 bridgehead atoms. The Kier molecular flexibility index (Phi) is 3.04. The molecule has 77 valence electrons. The summed E-state index contributed by atoms with van der Waals surface area (Å²) in [7, 11) is 0. The molecular formula is C8H4BrF4O. The van der Waals surface area contributed by atoms with Gasteiger partial charge in [0.1, 0.15) is 5.75 Å². The van der Waals surface area contributed by atoms with Gasteiger partial charge in [-0.15, -0.1) is 0 Å². The Morgan fingerprint density at radius 1 is 1.21 bits per heavy atom. The number of benzene rings is 1. The highest BCUT2D eigenvalue weighted by molar-refractivity contribution is 9.10. The molecule has 0 aliphatic carbocycles. The number of hydrogen-bond acceptors (Lipinski definition) is 1.